The molecule has 0 saturated carbocycles. The van der Waals surface area contributed by atoms with Crippen molar-refractivity contribution in [3.8, 4) is 11.3 Å². The van der Waals surface area contributed by atoms with Crippen LogP contribution in [0.1, 0.15) is 97.1 Å². The fraction of sp³-hybridized carbons (Fsp3) is 0.378. The lowest BCUT2D eigenvalue weighted by molar-refractivity contribution is -0.135. The molecule has 3 fully saturated rings. The Bertz CT molecular complexity index is 2360. The molecule has 324 valence electrons. The van der Waals surface area contributed by atoms with Crippen LogP contribution in [-0.4, -0.2) is 94.1 Å². The number of H-pyrrole nitrogens is 2. The molecule has 2 aromatic heterocycles. The molecule has 5 heterocycles. The highest BCUT2D eigenvalue weighted by molar-refractivity contribution is 5.88. The third-order valence-electron chi connectivity index (χ3n) is 12.1. The van der Waals surface area contributed by atoms with Gasteiger partial charge in [0.15, 0.2) is 0 Å². The van der Waals surface area contributed by atoms with E-state index < -0.39 is 41.9 Å². The summed E-state index contributed by atoms with van der Waals surface area (Å²) in [5.41, 5.74) is 2.74. The first-order chi connectivity index (χ1) is 30.1. The van der Waals surface area contributed by atoms with Gasteiger partial charge in [0, 0.05) is 49.6 Å². The number of carbonyl (C=O) groups is 4. The lowest BCUT2D eigenvalue weighted by atomic mass is 9.93. The molecule has 3 aliphatic rings. The number of piperidine rings is 1. The maximum atomic E-state index is 15.9. The van der Waals surface area contributed by atoms with Gasteiger partial charge in [0.25, 0.3) is 11.8 Å². The Morgan fingerprint density at radius 2 is 1.16 bits per heavy atom. The van der Waals surface area contributed by atoms with Gasteiger partial charge < -0.3 is 44.8 Å². The monoisotopic (exact) mass is 849 g/mol. The predicted octanol–water partition coefficient (Wildman–Crippen LogP) is 6.98. The van der Waals surface area contributed by atoms with Gasteiger partial charge in [0.2, 0.25) is 0 Å². The average Bonchev–Trinajstić information content (AvgIpc) is 4.15. The molecule has 4 amide bonds. The Hall–Kier alpha value is -6.78. The van der Waals surface area contributed by atoms with Crippen molar-refractivity contribution in [2.45, 2.75) is 68.6 Å². The lowest BCUT2D eigenvalue weighted by Gasteiger charge is -2.33. The minimum Gasteiger partial charge on any atom is -0.453 e. The number of carbonyl (C=O) groups excluding carboxylic acids is 4. The average molecular weight is 850 g/mol. The summed E-state index contributed by atoms with van der Waals surface area (Å²) in [6, 6.07) is 17.9. The molecular weight excluding hydrogens is 801 g/mol. The van der Waals surface area contributed by atoms with Gasteiger partial charge in [-0.3, -0.25) is 9.59 Å². The summed E-state index contributed by atoms with van der Waals surface area (Å²) in [6.07, 6.45) is 5.89. The SMILES string of the molecule is COC(=O)N[C@@H](C(=O)N1CCC[C@H]1c1ncc(-c2cc(F)c(N3CCC(c4cnc([C@@H]5CCCN5C(=O)[C@H](NC(=O)OC)c5ccccc5)[nH]4)CC3)c(F)c2)[nH]1)c1ccccc1. The zero-order chi connectivity index (χ0) is 43.3. The smallest absolute Gasteiger partial charge is 0.407 e. The van der Waals surface area contributed by atoms with Crippen LogP contribution in [0, 0.1) is 11.6 Å². The number of amides is 4. The fourth-order valence-corrected chi connectivity index (χ4v) is 9.00. The number of hydrogen-bond donors (Lipinski definition) is 4. The number of nitrogens with zero attached hydrogens (tertiary/aromatic N) is 5. The van der Waals surface area contributed by atoms with Crippen molar-refractivity contribution in [1.29, 1.82) is 0 Å². The van der Waals surface area contributed by atoms with Crippen LogP contribution in [0.2, 0.25) is 0 Å². The van der Waals surface area contributed by atoms with Gasteiger partial charge in [-0.05, 0) is 61.8 Å². The molecular formula is C45H49F2N9O6. The van der Waals surface area contributed by atoms with Crippen LogP contribution in [0.15, 0.2) is 85.2 Å². The molecule has 3 aromatic carbocycles. The van der Waals surface area contributed by atoms with Crippen molar-refractivity contribution in [2.24, 2.45) is 0 Å². The molecule has 4 atom stereocenters. The molecule has 17 heteroatoms. The molecule has 3 aliphatic heterocycles. The second kappa shape index (κ2) is 18.5. The number of hydrogen-bond acceptors (Lipinski definition) is 9. The number of rotatable bonds is 11. The van der Waals surface area contributed by atoms with E-state index in [1.807, 2.05) is 24.3 Å². The predicted molar refractivity (Wildman–Crippen MR) is 224 cm³/mol. The van der Waals surface area contributed by atoms with Crippen LogP contribution in [0.25, 0.3) is 11.3 Å². The summed E-state index contributed by atoms with van der Waals surface area (Å²) in [6.45, 7) is 1.77. The van der Waals surface area contributed by atoms with E-state index in [1.54, 1.807) is 57.3 Å². The number of methoxy groups -OCH3 is 2. The molecule has 8 rings (SSSR count). The number of likely N-dealkylation sites (tertiary alicyclic amines) is 2. The number of anilines is 1. The van der Waals surface area contributed by atoms with Crippen molar-refractivity contribution < 1.29 is 37.4 Å². The molecule has 0 spiro atoms. The van der Waals surface area contributed by atoms with E-state index in [2.05, 4.69) is 25.6 Å². The maximum Gasteiger partial charge on any atom is 0.407 e. The van der Waals surface area contributed by atoms with E-state index in [0.717, 1.165) is 12.1 Å². The summed E-state index contributed by atoms with van der Waals surface area (Å²) in [5, 5.41) is 5.33. The number of imidazole rings is 2. The van der Waals surface area contributed by atoms with Crippen LogP contribution >= 0.6 is 0 Å². The molecule has 0 aliphatic carbocycles. The van der Waals surface area contributed by atoms with Crippen molar-refractivity contribution in [3.63, 3.8) is 0 Å². The number of aromatic amines is 2. The standard InChI is InChI=1S/C45H49F2N9O6/c1-61-44(59)52-37(28-11-5-3-6-12-28)42(57)55-19-9-15-35(55)40-48-25-33(50-40)27-17-21-54(22-18-27)39-31(46)23-30(24-32(39)47)34-26-49-41(51-34)36-16-10-20-56(36)43(58)38(53-45(60)62-2)29-13-7-4-8-14-29/h3-8,11-14,23-27,35-38H,9-10,15-22H2,1-2H3,(H,48,50)(H,49,51)(H,52,59)(H,53,60)/t35-,36-,37+,38+/m0/s1. The van der Waals surface area contributed by atoms with Gasteiger partial charge in [0.05, 0.1) is 38.2 Å². The van der Waals surface area contributed by atoms with Gasteiger partial charge in [-0.1, -0.05) is 60.7 Å². The lowest BCUT2D eigenvalue weighted by Crippen LogP contribution is -2.42. The van der Waals surface area contributed by atoms with Crippen molar-refractivity contribution in [2.75, 3.05) is 45.3 Å². The number of aromatic nitrogens is 4. The second-order valence-corrected chi connectivity index (χ2v) is 15.8. The molecule has 15 nitrogen and oxygen atoms in total. The number of ether oxygens (including phenoxy) is 2. The van der Waals surface area contributed by atoms with E-state index in [9.17, 15) is 19.2 Å². The number of nitrogens with one attached hydrogen (secondary N) is 4. The van der Waals surface area contributed by atoms with Crippen LogP contribution in [-0.2, 0) is 19.1 Å². The third kappa shape index (κ3) is 8.69. The van der Waals surface area contributed by atoms with Crippen LogP contribution < -0.4 is 15.5 Å². The molecule has 5 aromatic rings. The zero-order valence-corrected chi connectivity index (χ0v) is 34.5. The Morgan fingerprint density at radius 1 is 0.677 bits per heavy atom. The number of benzene rings is 3. The first-order valence-electron chi connectivity index (χ1n) is 20.9. The van der Waals surface area contributed by atoms with Crippen molar-refractivity contribution in [3.05, 3.63) is 125 Å². The Labute approximate surface area is 357 Å². The normalized spacial score (nSPS) is 18.9. The summed E-state index contributed by atoms with van der Waals surface area (Å²) in [5.74, 6) is -0.776. The summed E-state index contributed by atoms with van der Waals surface area (Å²) in [7, 11) is 2.49. The van der Waals surface area contributed by atoms with Crippen molar-refractivity contribution >= 4 is 29.7 Å². The number of halogens is 2. The van der Waals surface area contributed by atoms with Crippen LogP contribution in [0.5, 0.6) is 0 Å². The highest BCUT2D eigenvalue weighted by Gasteiger charge is 2.39. The fourth-order valence-electron chi connectivity index (χ4n) is 9.00. The zero-order valence-electron chi connectivity index (χ0n) is 34.5. The first-order valence-corrected chi connectivity index (χ1v) is 20.9. The van der Waals surface area contributed by atoms with Gasteiger partial charge in [-0.2, -0.15) is 0 Å². The van der Waals surface area contributed by atoms with E-state index in [0.29, 0.717) is 86.8 Å². The summed E-state index contributed by atoms with van der Waals surface area (Å²) >= 11 is 0. The third-order valence-corrected chi connectivity index (χ3v) is 12.1. The summed E-state index contributed by atoms with van der Waals surface area (Å²) in [4.78, 5) is 73.3. The highest BCUT2D eigenvalue weighted by Crippen LogP contribution is 2.38. The van der Waals surface area contributed by atoms with Gasteiger partial charge in [-0.15, -0.1) is 0 Å². The quantitative estimate of drug-likeness (QED) is 0.109. The molecule has 0 bridgehead atoms. The highest BCUT2D eigenvalue weighted by atomic mass is 19.1. The molecule has 0 radical (unpaired) electrons. The van der Waals surface area contributed by atoms with E-state index in [-0.39, 0.29) is 35.0 Å². The van der Waals surface area contributed by atoms with E-state index in [4.69, 9.17) is 14.5 Å². The second-order valence-electron chi connectivity index (χ2n) is 15.8. The van der Waals surface area contributed by atoms with Gasteiger partial charge in [-0.25, -0.2) is 28.3 Å². The van der Waals surface area contributed by atoms with Crippen molar-refractivity contribution in [1.82, 2.24) is 40.4 Å². The molecule has 3 saturated heterocycles. The molecule has 62 heavy (non-hydrogen) atoms. The maximum absolute atomic E-state index is 15.9. The van der Waals surface area contributed by atoms with E-state index in [1.165, 1.54) is 32.5 Å². The first kappa shape index (κ1) is 41.9. The Balaban J connectivity index is 0.913. The molecule has 0 unspecified atom stereocenters. The van der Waals surface area contributed by atoms with Gasteiger partial charge >= 0.3 is 12.2 Å². The van der Waals surface area contributed by atoms with E-state index >= 15 is 8.78 Å². The Morgan fingerprint density at radius 3 is 1.66 bits per heavy atom. The van der Waals surface area contributed by atoms with Gasteiger partial charge in [0.1, 0.15) is 41.1 Å². The minimum absolute atomic E-state index is 0.0613. The summed E-state index contributed by atoms with van der Waals surface area (Å²) < 4.78 is 41.4. The minimum atomic E-state index is -0.977. The Kier molecular flexibility index (Phi) is 12.5. The largest absolute Gasteiger partial charge is 0.453 e. The van der Waals surface area contributed by atoms with Crippen LogP contribution in [0.4, 0.5) is 24.1 Å². The van der Waals surface area contributed by atoms with Crippen LogP contribution in [0.3, 0.4) is 0 Å². The topological polar surface area (TPSA) is 178 Å². The number of alkyl carbamates (subject to hydrolysis) is 2. The molecule has 4 N–H and O–H groups in total.